The van der Waals surface area contributed by atoms with E-state index in [1.54, 1.807) is 0 Å². The molecule has 2 N–H and O–H groups in total. The monoisotopic (exact) mass is 293 g/mol. The van der Waals surface area contributed by atoms with Crippen LogP contribution in [0.1, 0.15) is 24.8 Å². The maximum Gasteiger partial charge on any atom is 0.191 e. The fraction of sp³-hybridized carbons (Fsp3) is 0.533. The minimum Gasteiger partial charge on any atom is -0.375 e. The van der Waals surface area contributed by atoms with Gasteiger partial charge in [0.1, 0.15) is 0 Å². The molecule has 20 heavy (non-hydrogen) atoms. The second-order valence-corrected chi connectivity index (χ2v) is 6.01. The number of aliphatic imine (C=N–C) groups is 1. The number of rotatable bonds is 2. The third-order valence-corrected chi connectivity index (χ3v) is 4.17. The number of nitrogens with zero attached hydrogens (tertiary/aromatic N) is 2. The molecule has 3 rings (SSSR count). The Hall–Kier alpha value is -1.26. The third kappa shape index (κ3) is 3.07. The van der Waals surface area contributed by atoms with Crippen LogP contribution in [0.4, 0.5) is 0 Å². The van der Waals surface area contributed by atoms with Crippen LogP contribution in [0.3, 0.4) is 0 Å². The quantitative estimate of drug-likeness (QED) is 0.672. The van der Waals surface area contributed by atoms with Gasteiger partial charge in [-0.2, -0.15) is 0 Å². The first-order chi connectivity index (χ1) is 9.63. The van der Waals surface area contributed by atoms with E-state index in [4.69, 9.17) is 22.1 Å². The number of halogens is 1. The topological polar surface area (TPSA) is 50.8 Å². The van der Waals surface area contributed by atoms with Gasteiger partial charge in [0.2, 0.25) is 0 Å². The zero-order chi connectivity index (χ0) is 14.1. The minimum absolute atomic E-state index is 0.226. The summed E-state index contributed by atoms with van der Waals surface area (Å²) >= 11 is 5.91. The molecule has 1 aromatic carbocycles. The number of benzene rings is 1. The first kappa shape index (κ1) is 13.7. The van der Waals surface area contributed by atoms with E-state index in [0.717, 1.165) is 31.1 Å². The Morgan fingerprint density at radius 3 is 2.85 bits per heavy atom. The number of hydrogen-bond acceptors (Lipinski definition) is 2. The van der Waals surface area contributed by atoms with Crippen LogP contribution in [-0.4, -0.2) is 42.7 Å². The van der Waals surface area contributed by atoms with Gasteiger partial charge in [0.25, 0.3) is 0 Å². The number of hydrogen-bond donors (Lipinski definition) is 1. The summed E-state index contributed by atoms with van der Waals surface area (Å²) in [5.41, 5.74) is 7.41. The van der Waals surface area contributed by atoms with E-state index in [-0.39, 0.29) is 6.10 Å². The van der Waals surface area contributed by atoms with Crippen molar-refractivity contribution < 1.29 is 4.74 Å². The van der Waals surface area contributed by atoms with Crippen LogP contribution < -0.4 is 5.73 Å². The molecule has 1 unspecified atom stereocenters. The fourth-order valence-electron chi connectivity index (χ4n) is 2.67. The van der Waals surface area contributed by atoms with Crippen molar-refractivity contribution >= 4 is 17.6 Å². The van der Waals surface area contributed by atoms with Gasteiger partial charge in [-0.15, -0.1) is 0 Å². The first-order valence-corrected chi connectivity index (χ1v) is 7.46. The van der Waals surface area contributed by atoms with Gasteiger partial charge in [0.05, 0.1) is 18.8 Å². The van der Waals surface area contributed by atoms with Gasteiger partial charge < -0.3 is 15.4 Å². The molecule has 4 nitrogen and oxygen atoms in total. The van der Waals surface area contributed by atoms with Crippen molar-refractivity contribution in [3.8, 4) is 0 Å². The second kappa shape index (κ2) is 5.62. The Labute approximate surface area is 124 Å². The molecule has 0 spiro atoms. The average Bonchev–Trinajstić information content (AvgIpc) is 3.19. The van der Waals surface area contributed by atoms with Gasteiger partial charge in [-0.1, -0.05) is 23.7 Å². The molecule has 1 aromatic rings. The third-order valence-electron chi connectivity index (χ3n) is 3.92. The van der Waals surface area contributed by atoms with Crippen molar-refractivity contribution in [1.29, 1.82) is 0 Å². The van der Waals surface area contributed by atoms with E-state index in [0.29, 0.717) is 17.9 Å². The summed E-state index contributed by atoms with van der Waals surface area (Å²) in [6, 6.07) is 8.34. The summed E-state index contributed by atoms with van der Waals surface area (Å²) < 4.78 is 5.52. The van der Waals surface area contributed by atoms with Crippen molar-refractivity contribution in [3.05, 3.63) is 34.9 Å². The lowest BCUT2D eigenvalue weighted by Crippen LogP contribution is -2.48. The van der Waals surface area contributed by atoms with E-state index in [2.05, 4.69) is 28.9 Å². The fourth-order valence-corrected chi connectivity index (χ4v) is 2.80. The van der Waals surface area contributed by atoms with Crippen LogP contribution in [-0.2, 0) is 4.74 Å². The van der Waals surface area contributed by atoms with Gasteiger partial charge in [-0.05, 0) is 31.0 Å². The van der Waals surface area contributed by atoms with E-state index < -0.39 is 0 Å². The second-order valence-electron chi connectivity index (χ2n) is 5.58. The first-order valence-electron chi connectivity index (χ1n) is 7.09. The Kier molecular flexibility index (Phi) is 3.85. The SMILES string of the molecule is CC1CN(C(N)=N[C@@H]2C[C@H]2c2ccc(Cl)cc2)CCO1. The molecule has 3 atom stereocenters. The summed E-state index contributed by atoms with van der Waals surface area (Å²) in [6.45, 7) is 4.45. The lowest BCUT2D eigenvalue weighted by Gasteiger charge is -2.31. The van der Waals surface area contributed by atoms with Crippen molar-refractivity contribution in [3.63, 3.8) is 0 Å². The van der Waals surface area contributed by atoms with Crippen molar-refractivity contribution in [2.24, 2.45) is 10.7 Å². The number of nitrogens with two attached hydrogens (primary N) is 1. The Morgan fingerprint density at radius 1 is 1.40 bits per heavy atom. The molecule has 1 heterocycles. The highest BCUT2D eigenvalue weighted by Gasteiger charge is 2.39. The van der Waals surface area contributed by atoms with Crippen LogP contribution in [0.25, 0.3) is 0 Å². The van der Waals surface area contributed by atoms with Crippen LogP contribution in [0.5, 0.6) is 0 Å². The molecule has 1 aliphatic carbocycles. The van der Waals surface area contributed by atoms with Gasteiger partial charge in [0.15, 0.2) is 5.96 Å². The van der Waals surface area contributed by atoms with Gasteiger partial charge in [0, 0.05) is 24.0 Å². The summed E-state index contributed by atoms with van der Waals surface area (Å²) in [4.78, 5) is 6.78. The lowest BCUT2D eigenvalue weighted by atomic mass is 10.1. The van der Waals surface area contributed by atoms with Crippen molar-refractivity contribution in [1.82, 2.24) is 4.90 Å². The molecule has 2 aliphatic rings. The summed E-state index contributed by atoms with van der Waals surface area (Å²) in [5, 5.41) is 0.774. The molecule has 5 heteroatoms. The molecule has 1 saturated heterocycles. The van der Waals surface area contributed by atoms with E-state index >= 15 is 0 Å². The summed E-state index contributed by atoms with van der Waals surface area (Å²) in [7, 11) is 0. The van der Waals surface area contributed by atoms with E-state index in [9.17, 15) is 0 Å². The largest absolute Gasteiger partial charge is 0.375 e. The van der Waals surface area contributed by atoms with Gasteiger partial charge in [-0.25, -0.2) is 4.99 Å². The van der Waals surface area contributed by atoms with Crippen LogP contribution >= 0.6 is 11.6 Å². The zero-order valence-electron chi connectivity index (χ0n) is 11.6. The van der Waals surface area contributed by atoms with Crippen LogP contribution in [0.15, 0.2) is 29.3 Å². The number of morpholine rings is 1. The Morgan fingerprint density at radius 2 is 2.15 bits per heavy atom. The van der Waals surface area contributed by atoms with Crippen LogP contribution in [0, 0.1) is 0 Å². The normalized spacial score (nSPS) is 30.4. The predicted octanol–water partition coefficient (Wildman–Crippen LogP) is 2.23. The maximum atomic E-state index is 6.12. The van der Waals surface area contributed by atoms with Crippen LogP contribution in [0.2, 0.25) is 5.02 Å². The Balaban J connectivity index is 1.61. The highest BCUT2D eigenvalue weighted by atomic mass is 35.5. The molecule has 1 saturated carbocycles. The standard InChI is InChI=1S/C15H20ClN3O/c1-10-9-19(6-7-20-10)15(17)18-14-8-13(14)11-2-4-12(16)5-3-11/h2-5,10,13-14H,6-9H2,1H3,(H2,17,18)/t10?,13-,14+/m0/s1. The molecule has 0 aromatic heterocycles. The van der Waals surface area contributed by atoms with Crippen molar-refractivity contribution in [2.75, 3.05) is 19.7 Å². The molecule has 0 radical (unpaired) electrons. The maximum absolute atomic E-state index is 6.12. The predicted molar refractivity (Wildman–Crippen MR) is 81.2 cm³/mol. The molecule has 1 aliphatic heterocycles. The number of ether oxygens (including phenoxy) is 1. The molecular formula is C15H20ClN3O. The minimum atomic E-state index is 0.226. The Bertz CT molecular complexity index is 502. The smallest absolute Gasteiger partial charge is 0.191 e. The molecule has 108 valence electrons. The average molecular weight is 294 g/mol. The summed E-state index contributed by atoms with van der Waals surface area (Å²) in [5.74, 6) is 1.14. The van der Waals surface area contributed by atoms with Crippen molar-refractivity contribution in [2.45, 2.75) is 31.4 Å². The van der Waals surface area contributed by atoms with Gasteiger partial charge >= 0.3 is 0 Å². The summed E-state index contributed by atoms with van der Waals surface area (Å²) in [6.07, 6.45) is 1.30. The molecule has 0 amide bonds. The number of guanidine groups is 1. The highest BCUT2D eigenvalue weighted by molar-refractivity contribution is 6.30. The lowest BCUT2D eigenvalue weighted by molar-refractivity contribution is 0.00528. The van der Waals surface area contributed by atoms with E-state index in [1.807, 2.05) is 12.1 Å². The molecular weight excluding hydrogens is 274 g/mol. The molecule has 0 bridgehead atoms. The van der Waals surface area contributed by atoms with Gasteiger partial charge in [-0.3, -0.25) is 0 Å². The van der Waals surface area contributed by atoms with E-state index in [1.165, 1.54) is 5.56 Å². The molecule has 2 fully saturated rings. The zero-order valence-corrected chi connectivity index (χ0v) is 12.4. The highest BCUT2D eigenvalue weighted by Crippen LogP contribution is 2.43.